The Morgan fingerprint density at radius 3 is 2.83 bits per heavy atom. The van der Waals surface area contributed by atoms with Crippen LogP contribution in [0.25, 0.3) is 0 Å². The minimum Gasteiger partial charge on any atom is -0.443 e. The molecule has 0 fully saturated rings. The van der Waals surface area contributed by atoms with Crippen LogP contribution in [0.2, 0.25) is 0 Å². The summed E-state index contributed by atoms with van der Waals surface area (Å²) in [5.41, 5.74) is -0.494. The molecule has 1 aromatic heterocycles. The zero-order valence-electron chi connectivity index (χ0n) is 11.1. The summed E-state index contributed by atoms with van der Waals surface area (Å²) in [6.45, 7) is 8.44. The van der Waals surface area contributed by atoms with Crippen molar-refractivity contribution in [3.63, 3.8) is 0 Å². The fraction of sp³-hybridized carbons (Fsp3) is 0.667. The van der Waals surface area contributed by atoms with Crippen LogP contribution in [-0.2, 0) is 11.3 Å². The summed E-state index contributed by atoms with van der Waals surface area (Å²) < 4.78 is 8.10. The van der Waals surface area contributed by atoms with Crippen LogP contribution in [0.15, 0.2) is 10.7 Å². The van der Waals surface area contributed by atoms with Gasteiger partial charge in [-0.2, -0.15) is 5.10 Å². The molecule has 0 radical (unpaired) electrons. The van der Waals surface area contributed by atoms with Crippen LogP contribution in [0.1, 0.15) is 34.1 Å². The third-order valence-corrected chi connectivity index (χ3v) is 3.35. The van der Waals surface area contributed by atoms with E-state index in [1.807, 2.05) is 32.4 Å². The molecule has 1 aliphatic heterocycles. The highest BCUT2D eigenvalue weighted by molar-refractivity contribution is 9.10. The number of carbonyl (C=O) groups is 1. The molecule has 1 aliphatic rings. The van der Waals surface area contributed by atoms with Crippen LogP contribution < -0.4 is 4.90 Å². The molecule has 18 heavy (non-hydrogen) atoms. The van der Waals surface area contributed by atoms with Gasteiger partial charge in [0.1, 0.15) is 5.60 Å². The molecule has 0 saturated heterocycles. The Morgan fingerprint density at radius 1 is 1.56 bits per heavy atom. The molecule has 0 bridgehead atoms. The first-order valence-electron chi connectivity index (χ1n) is 6.03. The number of hydrogen-bond acceptors (Lipinski definition) is 3. The van der Waals surface area contributed by atoms with Gasteiger partial charge in [0, 0.05) is 12.6 Å². The van der Waals surface area contributed by atoms with Gasteiger partial charge in [0.2, 0.25) is 0 Å². The van der Waals surface area contributed by atoms with E-state index in [2.05, 4.69) is 21.0 Å². The van der Waals surface area contributed by atoms with E-state index in [1.54, 1.807) is 11.1 Å². The summed E-state index contributed by atoms with van der Waals surface area (Å²) in [6, 6.07) is 0.111. The van der Waals surface area contributed by atoms with Gasteiger partial charge in [0.25, 0.3) is 0 Å². The van der Waals surface area contributed by atoms with E-state index >= 15 is 0 Å². The molecule has 5 nitrogen and oxygen atoms in total. The normalized spacial score (nSPS) is 19.6. The van der Waals surface area contributed by atoms with E-state index in [9.17, 15) is 4.79 Å². The standard InChI is InChI=1S/C12H18BrN3O2/c1-8-5-6-15-10(9(13)7-14-15)16(8)11(17)18-12(2,3)4/h7-8H,5-6H2,1-4H3. The average molecular weight is 316 g/mol. The number of aryl methyl sites for hydroxylation is 1. The van der Waals surface area contributed by atoms with E-state index in [4.69, 9.17) is 4.74 Å². The van der Waals surface area contributed by atoms with Gasteiger partial charge in [0.15, 0.2) is 5.82 Å². The van der Waals surface area contributed by atoms with Crippen molar-refractivity contribution in [1.29, 1.82) is 0 Å². The van der Waals surface area contributed by atoms with Gasteiger partial charge in [0.05, 0.1) is 10.7 Å². The molecule has 1 aromatic rings. The molecule has 0 saturated carbocycles. The molecule has 1 unspecified atom stereocenters. The van der Waals surface area contributed by atoms with Crippen LogP contribution in [0.4, 0.5) is 10.6 Å². The van der Waals surface area contributed by atoms with E-state index in [-0.39, 0.29) is 12.1 Å². The molecule has 0 N–H and O–H groups in total. The summed E-state index contributed by atoms with van der Waals surface area (Å²) in [6.07, 6.45) is 2.27. The van der Waals surface area contributed by atoms with E-state index in [0.717, 1.165) is 23.3 Å². The van der Waals surface area contributed by atoms with Crippen molar-refractivity contribution < 1.29 is 9.53 Å². The number of fused-ring (bicyclic) bond motifs is 1. The Hall–Kier alpha value is -1.04. The summed E-state index contributed by atoms with van der Waals surface area (Å²) in [5, 5.41) is 4.24. The third kappa shape index (κ3) is 2.53. The zero-order chi connectivity index (χ0) is 13.5. The maximum absolute atomic E-state index is 12.3. The summed E-state index contributed by atoms with van der Waals surface area (Å²) in [7, 11) is 0. The van der Waals surface area contributed by atoms with Crippen molar-refractivity contribution in [3.8, 4) is 0 Å². The van der Waals surface area contributed by atoms with E-state index < -0.39 is 5.60 Å². The second kappa shape index (κ2) is 4.57. The molecule has 6 heteroatoms. The lowest BCUT2D eigenvalue weighted by Gasteiger charge is -2.35. The second-order valence-electron chi connectivity index (χ2n) is 5.53. The first-order valence-corrected chi connectivity index (χ1v) is 6.82. The van der Waals surface area contributed by atoms with Crippen molar-refractivity contribution in [3.05, 3.63) is 10.7 Å². The summed E-state index contributed by atoms with van der Waals surface area (Å²) in [4.78, 5) is 14.0. The van der Waals surface area contributed by atoms with E-state index in [0.29, 0.717) is 0 Å². The lowest BCUT2D eigenvalue weighted by atomic mass is 10.1. The molecule has 0 aromatic carbocycles. The molecule has 1 amide bonds. The van der Waals surface area contributed by atoms with Gasteiger partial charge in [-0.05, 0) is 50.0 Å². The van der Waals surface area contributed by atoms with Gasteiger partial charge in [-0.15, -0.1) is 0 Å². The Morgan fingerprint density at radius 2 is 2.22 bits per heavy atom. The number of halogens is 1. The number of anilines is 1. The van der Waals surface area contributed by atoms with Gasteiger partial charge < -0.3 is 4.74 Å². The van der Waals surface area contributed by atoms with Crippen LogP contribution in [0.5, 0.6) is 0 Å². The van der Waals surface area contributed by atoms with Crippen LogP contribution >= 0.6 is 15.9 Å². The number of carbonyl (C=O) groups excluding carboxylic acids is 1. The maximum atomic E-state index is 12.3. The molecule has 0 aliphatic carbocycles. The Bertz CT molecular complexity index is 464. The highest BCUT2D eigenvalue weighted by atomic mass is 79.9. The fourth-order valence-corrected chi connectivity index (χ4v) is 2.47. The van der Waals surface area contributed by atoms with E-state index in [1.165, 1.54) is 0 Å². The Labute approximate surface area is 115 Å². The summed E-state index contributed by atoms with van der Waals surface area (Å²) in [5.74, 6) is 0.781. The number of nitrogens with zero attached hydrogens (tertiary/aromatic N) is 3. The van der Waals surface area contributed by atoms with Gasteiger partial charge in [-0.1, -0.05) is 0 Å². The molecular formula is C12H18BrN3O2. The van der Waals surface area contributed by atoms with Gasteiger partial charge in [-0.3, -0.25) is 4.90 Å². The third-order valence-electron chi connectivity index (χ3n) is 2.79. The number of aromatic nitrogens is 2. The fourth-order valence-electron chi connectivity index (χ4n) is 1.98. The number of ether oxygens (including phenoxy) is 1. The first-order chi connectivity index (χ1) is 8.29. The van der Waals surface area contributed by atoms with Gasteiger partial charge >= 0.3 is 6.09 Å². The first kappa shape index (κ1) is 13.4. The Balaban J connectivity index is 2.32. The van der Waals surface area contributed by atoms with Crippen LogP contribution in [-0.4, -0.2) is 27.5 Å². The highest BCUT2D eigenvalue weighted by Gasteiger charge is 2.34. The van der Waals surface area contributed by atoms with Crippen molar-refractivity contribution in [2.24, 2.45) is 0 Å². The molecule has 2 heterocycles. The van der Waals surface area contributed by atoms with Crippen molar-refractivity contribution >= 4 is 27.8 Å². The lowest BCUT2D eigenvalue weighted by Crippen LogP contribution is -2.46. The minimum absolute atomic E-state index is 0.111. The molecule has 0 spiro atoms. The van der Waals surface area contributed by atoms with Gasteiger partial charge in [-0.25, -0.2) is 9.48 Å². The van der Waals surface area contributed by atoms with Crippen molar-refractivity contribution in [2.45, 2.75) is 52.3 Å². The van der Waals surface area contributed by atoms with Crippen LogP contribution in [0.3, 0.4) is 0 Å². The molecular weight excluding hydrogens is 298 g/mol. The number of hydrogen-bond donors (Lipinski definition) is 0. The molecule has 100 valence electrons. The number of amides is 1. The van der Waals surface area contributed by atoms with Crippen LogP contribution in [0, 0.1) is 0 Å². The topological polar surface area (TPSA) is 47.4 Å². The monoisotopic (exact) mass is 315 g/mol. The quantitative estimate of drug-likeness (QED) is 0.738. The SMILES string of the molecule is CC1CCn2ncc(Br)c2N1C(=O)OC(C)(C)C. The largest absolute Gasteiger partial charge is 0.443 e. The Kier molecular flexibility index (Phi) is 3.40. The average Bonchev–Trinajstić information content (AvgIpc) is 2.58. The minimum atomic E-state index is -0.494. The highest BCUT2D eigenvalue weighted by Crippen LogP contribution is 2.33. The predicted octanol–water partition coefficient (Wildman–Crippen LogP) is 3.18. The molecule has 1 atom stereocenters. The summed E-state index contributed by atoms with van der Waals surface area (Å²) >= 11 is 3.44. The maximum Gasteiger partial charge on any atom is 0.416 e. The van der Waals surface area contributed by atoms with Crippen molar-refractivity contribution in [2.75, 3.05) is 4.90 Å². The predicted molar refractivity (Wildman–Crippen MR) is 72.7 cm³/mol. The smallest absolute Gasteiger partial charge is 0.416 e. The molecule has 2 rings (SSSR count). The van der Waals surface area contributed by atoms with Crippen molar-refractivity contribution in [1.82, 2.24) is 9.78 Å². The number of rotatable bonds is 0. The lowest BCUT2D eigenvalue weighted by molar-refractivity contribution is 0.0556. The second-order valence-corrected chi connectivity index (χ2v) is 6.38. The zero-order valence-corrected chi connectivity index (χ0v) is 12.7.